The van der Waals surface area contributed by atoms with E-state index >= 15 is 0 Å². The van der Waals surface area contributed by atoms with Crippen molar-refractivity contribution in [3.05, 3.63) is 0 Å². The molecule has 0 spiro atoms. The van der Waals surface area contributed by atoms with Crippen LogP contribution in [0.15, 0.2) is 0 Å². The maximum Gasteiger partial charge on any atom is 0.331 e. The van der Waals surface area contributed by atoms with Crippen LogP contribution in [0, 0.1) is 0 Å². The first-order valence-electron chi connectivity index (χ1n) is 5.67. The van der Waals surface area contributed by atoms with E-state index in [0.29, 0.717) is 19.3 Å². The van der Waals surface area contributed by atoms with Crippen LogP contribution in [0.2, 0.25) is 0 Å². The minimum Gasteiger partial charge on any atom is -0.277 e. The Balaban J connectivity index is 3.04. The zero-order valence-corrected chi connectivity index (χ0v) is 10.0. The molecule has 0 bridgehead atoms. The lowest BCUT2D eigenvalue weighted by atomic mass is 9.87. The molecule has 1 rings (SSSR count). The lowest BCUT2D eigenvalue weighted by Gasteiger charge is -2.42. The number of carbonyl (C=O) groups is 3. The molecule has 0 aromatic heterocycles. The van der Waals surface area contributed by atoms with Crippen LogP contribution in [0.3, 0.4) is 0 Å². The SMILES string of the molecule is CCC(CC)(CC)N1C(=O)CC(=O)NC1=O. The second kappa shape index (κ2) is 4.63. The smallest absolute Gasteiger partial charge is 0.277 e. The van der Waals surface area contributed by atoms with Gasteiger partial charge in [0.2, 0.25) is 11.8 Å². The Kier molecular flexibility index (Phi) is 3.67. The summed E-state index contributed by atoms with van der Waals surface area (Å²) in [4.78, 5) is 35.8. The normalized spacial score (nSPS) is 17.7. The van der Waals surface area contributed by atoms with E-state index in [-0.39, 0.29) is 12.3 Å². The van der Waals surface area contributed by atoms with Gasteiger partial charge in [0.05, 0.1) is 5.54 Å². The molecule has 0 aliphatic carbocycles. The van der Waals surface area contributed by atoms with Crippen LogP contribution in [0.25, 0.3) is 0 Å². The van der Waals surface area contributed by atoms with Gasteiger partial charge in [-0.15, -0.1) is 0 Å². The number of carbonyl (C=O) groups excluding carboxylic acids is 3. The Morgan fingerprint density at radius 1 is 1.12 bits per heavy atom. The van der Waals surface area contributed by atoms with Crippen LogP contribution in [-0.4, -0.2) is 28.3 Å². The summed E-state index contributed by atoms with van der Waals surface area (Å²) in [6.07, 6.45) is 1.88. The van der Waals surface area contributed by atoms with E-state index in [1.165, 1.54) is 4.90 Å². The first-order valence-corrected chi connectivity index (χ1v) is 5.67. The lowest BCUT2D eigenvalue weighted by molar-refractivity contribution is -0.140. The summed E-state index contributed by atoms with van der Waals surface area (Å²) >= 11 is 0. The van der Waals surface area contributed by atoms with Crippen LogP contribution in [0.5, 0.6) is 0 Å². The van der Waals surface area contributed by atoms with E-state index in [1.807, 2.05) is 20.8 Å². The molecule has 1 heterocycles. The summed E-state index contributed by atoms with van der Waals surface area (Å²) in [6, 6.07) is -0.577. The molecule has 1 N–H and O–H groups in total. The van der Waals surface area contributed by atoms with Crippen molar-refractivity contribution < 1.29 is 14.4 Å². The summed E-state index contributed by atoms with van der Waals surface area (Å²) in [5.74, 6) is -0.900. The van der Waals surface area contributed by atoms with Gasteiger partial charge in [0, 0.05) is 0 Å². The van der Waals surface area contributed by atoms with E-state index in [1.54, 1.807) is 0 Å². The van der Waals surface area contributed by atoms with E-state index in [9.17, 15) is 14.4 Å². The summed E-state index contributed by atoms with van der Waals surface area (Å²) < 4.78 is 0. The minimum absolute atomic E-state index is 0.229. The molecule has 5 nitrogen and oxygen atoms in total. The molecule has 0 atom stereocenters. The molecule has 1 saturated heterocycles. The van der Waals surface area contributed by atoms with Crippen molar-refractivity contribution in [1.82, 2.24) is 10.2 Å². The van der Waals surface area contributed by atoms with E-state index in [4.69, 9.17) is 0 Å². The van der Waals surface area contributed by atoms with Crippen molar-refractivity contribution in [2.24, 2.45) is 0 Å². The molecule has 4 amide bonds. The second-order valence-electron chi connectivity index (χ2n) is 4.04. The van der Waals surface area contributed by atoms with Crippen LogP contribution in [0.4, 0.5) is 4.79 Å². The molecule has 90 valence electrons. The number of rotatable bonds is 4. The van der Waals surface area contributed by atoms with Crippen LogP contribution >= 0.6 is 0 Å². The zero-order valence-electron chi connectivity index (χ0n) is 10.0. The highest BCUT2D eigenvalue weighted by molar-refractivity contribution is 6.14. The maximum absolute atomic E-state index is 11.8. The summed E-state index contributed by atoms with van der Waals surface area (Å²) in [6.45, 7) is 5.85. The minimum atomic E-state index is -0.577. The van der Waals surface area contributed by atoms with Gasteiger partial charge in [-0.05, 0) is 19.3 Å². The maximum atomic E-state index is 11.8. The van der Waals surface area contributed by atoms with Crippen molar-refractivity contribution in [3.8, 4) is 0 Å². The zero-order chi connectivity index (χ0) is 12.3. The van der Waals surface area contributed by atoms with Crippen molar-refractivity contribution in [2.45, 2.75) is 52.0 Å². The molecule has 0 aromatic rings. The molecule has 16 heavy (non-hydrogen) atoms. The fourth-order valence-corrected chi connectivity index (χ4v) is 2.25. The van der Waals surface area contributed by atoms with E-state index in [2.05, 4.69) is 5.32 Å². The number of hydrogen-bond donors (Lipinski definition) is 1. The van der Waals surface area contributed by atoms with Gasteiger partial charge in [0.1, 0.15) is 6.42 Å². The largest absolute Gasteiger partial charge is 0.331 e. The number of nitrogens with zero attached hydrogens (tertiary/aromatic N) is 1. The predicted molar refractivity (Wildman–Crippen MR) is 58.6 cm³/mol. The van der Waals surface area contributed by atoms with Gasteiger partial charge in [-0.2, -0.15) is 0 Å². The highest BCUT2D eigenvalue weighted by Crippen LogP contribution is 2.29. The number of nitrogens with one attached hydrogen (secondary N) is 1. The lowest BCUT2D eigenvalue weighted by Crippen LogP contribution is -2.62. The van der Waals surface area contributed by atoms with Crippen molar-refractivity contribution in [3.63, 3.8) is 0 Å². The van der Waals surface area contributed by atoms with E-state index < -0.39 is 17.5 Å². The van der Waals surface area contributed by atoms with Gasteiger partial charge >= 0.3 is 6.03 Å². The molecule has 1 aliphatic rings. The Labute approximate surface area is 95.2 Å². The highest BCUT2D eigenvalue weighted by Gasteiger charge is 2.43. The Bertz CT molecular complexity index is 293. The second-order valence-corrected chi connectivity index (χ2v) is 4.04. The first-order chi connectivity index (χ1) is 7.50. The monoisotopic (exact) mass is 226 g/mol. The molecule has 1 fully saturated rings. The third kappa shape index (κ3) is 1.94. The molecule has 0 saturated carbocycles. The summed E-state index contributed by atoms with van der Waals surface area (Å²) in [7, 11) is 0. The number of hydrogen-bond acceptors (Lipinski definition) is 3. The number of amides is 4. The van der Waals surface area contributed by atoms with Gasteiger partial charge in [-0.3, -0.25) is 19.8 Å². The number of urea groups is 1. The Morgan fingerprint density at radius 3 is 2.00 bits per heavy atom. The summed E-state index contributed by atoms with van der Waals surface area (Å²) in [5.41, 5.74) is -0.456. The van der Waals surface area contributed by atoms with Gasteiger partial charge in [-0.1, -0.05) is 20.8 Å². The van der Waals surface area contributed by atoms with Crippen LogP contribution < -0.4 is 5.32 Å². The number of barbiturate groups is 1. The topological polar surface area (TPSA) is 66.5 Å². The van der Waals surface area contributed by atoms with Gasteiger partial charge in [-0.25, -0.2) is 4.79 Å². The third-order valence-corrected chi connectivity index (χ3v) is 3.46. The van der Waals surface area contributed by atoms with Gasteiger partial charge in [0.15, 0.2) is 0 Å². The predicted octanol–water partition coefficient (Wildman–Crippen LogP) is 1.42. The van der Waals surface area contributed by atoms with Gasteiger partial charge < -0.3 is 0 Å². The van der Waals surface area contributed by atoms with Crippen LogP contribution in [0.1, 0.15) is 46.5 Å². The van der Waals surface area contributed by atoms with Crippen LogP contribution in [-0.2, 0) is 9.59 Å². The Morgan fingerprint density at radius 2 is 1.62 bits per heavy atom. The van der Waals surface area contributed by atoms with Gasteiger partial charge in [0.25, 0.3) is 0 Å². The van der Waals surface area contributed by atoms with Crippen molar-refractivity contribution in [2.75, 3.05) is 0 Å². The fourth-order valence-electron chi connectivity index (χ4n) is 2.25. The summed E-state index contributed by atoms with van der Waals surface area (Å²) in [5, 5.41) is 2.20. The molecule has 0 radical (unpaired) electrons. The average molecular weight is 226 g/mol. The molecule has 0 unspecified atom stereocenters. The fraction of sp³-hybridized carbons (Fsp3) is 0.727. The molecular weight excluding hydrogens is 208 g/mol. The quantitative estimate of drug-likeness (QED) is 0.737. The van der Waals surface area contributed by atoms with Crippen molar-refractivity contribution in [1.29, 1.82) is 0 Å². The third-order valence-electron chi connectivity index (χ3n) is 3.46. The first kappa shape index (κ1) is 12.7. The van der Waals surface area contributed by atoms with E-state index in [0.717, 1.165) is 0 Å². The van der Waals surface area contributed by atoms with Crippen molar-refractivity contribution >= 4 is 17.8 Å². The molecule has 5 heteroatoms. The molecule has 0 aromatic carbocycles. The molecule has 1 aliphatic heterocycles. The number of imide groups is 2. The average Bonchev–Trinajstić information content (AvgIpc) is 2.23. The molecular formula is C11H18N2O3. The highest BCUT2D eigenvalue weighted by atomic mass is 16.2. The standard InChI is InChI=1S/C11H18N2O3/c1-4-11(5-2,6-3)13-9(15)7-8(14)12-10(13)16/h4-7H2,1-3H3,(H,12,14,16). The Hall–Kier alpha value is -1.39.